The first-order valence-corrected chi connectivity index (χ1v) is 8.61. The Morgan fingerprint density at radius 3 is 2.75 bits per heavy atom. The number of rotatable bonds is 1. The molecular formula is C19H25N3O2. The predicted molar refractivity (Wildman–Crippen MR) is 92.8 cm³/mol. The van der Waals surface area contributed by atoms with Crippen molar-refractivity contribution in [1.82, 2.24) is 4.90 Å². The fourth-order valence-corrected chi connectivity index (χ4v) is 3.69. The molecule has 5 heteroatoms. The van der Waals surface area contributed by atoms with Crippen LogP contribution in [-0.2, 0) is 4.74 Å². The third kappa shape index (κ3) is 3.48. The molecule has 0 N–H and O–H groups in total. The molecular weight excluding hydrogens is 302 g/mol. The number of fused-ring (bicyclic) bond motifs is 2. The number of anilines is 1. The molecule has 24 heavy (non-hydrogen) atoms. The molecule has 0 aliphatic carbocycles. The summed E-state index contributed by atoms with van der Waals surface area (Å²) in [7, 11) is 0. The second-order valence-corrected chi connectivity index (χ2v) is 7.75. The second kappa shape index (κ2) is 6.35. The topological polar surface area (TPSA) is 56.6 Å². The molecule has 2 unspecified atom stereocenters. The van der Waals surface area contributed by atoms with Crippen molar-refractivity contribution in [1.29, 1.82) is 5.26 Å². The molecule has 0 spiro atoms. The molecule has 2 bridgehead atoms. The lowest BCUT2D eigenvalue weighted by molar-refractivity contribution is 0.0222. The number of benzene rings is 1. The summed E-state index contributed by atoms with van der Waals surface area (Å²) in [5, 5.41) is 9.36. The lowest BCUT2D eigenvalue weighted by atomic mass is 10.0. The van der Waals surface area contributed by atoms with E-state index in [9.17, 15) is 10.1 Å². The highest BCUT2D eigenvalue weighted by atomic mass is 16.6. The zero-order chi connectivity index (χ0) is 17.3. The van der Waals surface area contributed by atoms with Gasteiger partial charge in [-0.3, -0.25) is 0 Å². The molecule has 2 aliphatic heterocycles. The molecule has 1 amide bonds. The monoisotopic (exact) mass is 327 g/mol. The van der Waals surface area contributed by atoms with Crippen LogP contribution < -0.4 is 4.90 Å². The van der Waals surface area contributed by atoms with E-state index in [-0.39, 0.29) is 12.1 Å². The van der Waals surface area contributed by atoms with Crippen molar-refractivity contribution in [3.63, 3.8) is 0 Å². The highest BCUT2D eigenvalue weighted by molar-refractivity contribution is 5.69. The van der Waals surface area contributed by atoms with Crippen LogP contribution in [0.4, 0.5) is 10.5 Å². The third-order valence-corrected chi connectivity index (χ3v) is 4.73. The van der Waals surface area contributed by atoms with Crippen LogP contribution in [-0.4, -0.2) is 42.3 Å². The van der Waals surface area contributed by atoms with Gasteiger partial charge >= 0.3 is 6.09 Å². The largest absolute Gasteiger partial charge is 0.444 e. The van der Waals surface area contributed by atoms with Crippen LogP contribution in [0.25, 0.3) is 0 Å². The van der Waals surface area contributed by atoms with Gasteiger partial charge in [0.05, 0.1) is 17.3 Å². The van der Waals surface area contributed by atoms with Gasteiger partial charge in [-0.2, -0.15) is 5.26 Å². The molecule has 1 aromatic rings. The van der Waals surface area contributed by atoms with Crippen LogP contribution in [0.15, 0.2) is 24.3 Å². The summed E-state index contributed by atoms with van der Waals surface area (Å²) < 4.78 is 5.57. The van der Waals surface area contributed by atoms with Crippen molar-refractivity contribution in [3.05, 3.63) is 29.8 Å². The van der Waals surface area contributed by atoms with Crippen LogP contribution in [0.3, 0.4) is 0 Å². The van der Waals surface area contributed by atoms with E-state index < -0.39 is 5.60 Å². The fourth-order valence-electron chi connectivity index (χ4n) is 3.69. The molecule has 0 aromatic heterocycles. The van der Waals surface area contributed by atoms with Gasteiger partial charge in [0.25, 0.3) is 0 Å². The summed E-state index contributed by atoms with van der Waals surface area (Å²) in [6.07, 6.45) is 1.84. The summed E-state index contributed by atoms with van der Waals surface area (Å²) in [4.78, 5) is 16.7. The zero-order valence-corrected chi connectivity index (χ0v) is 14.7. The van der Waals surface area contributed by atoms with E-state index in [1.165, 1.54) is 0 Å². The van der Waals surface area contributed by atoms with Crippen molar-refractivity contribution >= 4 is 11.8 Å². The first-order chi connectivity index (χ1) is 11.4. The Hall–Kier alpha value is -2.22. The maximum atomic E-state index is 12.5. The number of ether oxygens (including phenoxy) is 1. The van der Waals surface area contributed by atoms with Crippen LogP contribution in [0.1, 0.15) is 39.2 Å². The Bertz CT molecular complexity index is 659. The molecule has 2 fully saturated rings. The van der Waals surface area contributed by atoms with Crippen molar-refractivity contribution in [2.45, 2.75) is 45.3 Å². The number of carbonyl (C=O) groups excluding carboxylic acids is 1. The minimum atomic E-state index is -0.475. The second-order valence-electron chi connectivity index (χ2n) is 7.75. The van der Waals surface area contributed by atoms with Gasteiger partial charge in [-0.15, -0.1) is 0 Å². The van der Waals surface area contributed by atoms with Crippen molar-refractivity contribution in [2.24, 2.45) is 5.92 Å². The van der Waals surface area contributed by atoms with Crippen molar-refractivity contribution in [2.75, 3.05) is 24.5 Å². The van der Waals surface area contributed by atoms with Crippen molar-refractivity contribution < 1.29 is 9.53 Å². The van der Waals surface area contributed by atoms with Gasteiger partial charge < -0.3 is 14.5 Å². The number of likely N-dealkylation sites (tertiary alicyclic amines) is 1. The summed E-state index contributed by atoms with van der Waals surface area (Å²) in [6.45, 7) is 8.17. The number of amides is 1. The van der Waals surface area contributed by atoms with Gasteiger partial charge in [0.15, 0.2) is 0 Å². The van der Waals surface area contributed by atoms with Gasteiger partial charge in [-0.25, -0.2) is 4.79 Å². The van der Waals surface area contributed by atoms with E-state index in [4.69, 9.17) is 4.74 Å². The van der Waals surface area contributed by atoms with Gasteiger partial charge in [-0.05, 0) is 51.7 Å². The average Bonchev–Trinajstić information content (AvgIpc) is 2.79. The van der Waals surface area contributed by atoms with E-state index in [2.05, 4.69) is 11.0 Å². The van der Waals surface area contributed by atoms with Gasteiger partial charge in [-0.1, -0.05) is 12.1 Å². The van der Waals surface area contributed by atoms with Gasteiger partial charge in [0.1, 0.15) is 11.7 Å². The minimum absolute atomic E-state index is 0.152. The van der Waals surface area contributed by atoms with Gasteiger partial charge in [0, 0.05) is 19.6 Å². The highest BCUT2D eigenvalue weighted by Crippen LogP contribution is 2.33. The number of nitriles is 1. The summed E-state index contributed by atoms with van der Waals surface area (Å²) >= 11 is 0. The van der Waals surface area contributed by atoms with E-state index >= 15 is 0 Å². The molecule has 5 nitrogen and oxygen atoms in total. The Kier molecular flexibility index (Phi) is 4.40. The molecule has 2 aliphatic rings. The lowest BCUT2D eigenvalue weighted by Gasteiger charge is -2.34. The van der Waals surface area contributed by atoms with Crippen LogP contribution in [0.5, 0.6) is 0 Å². The van der Waals surface area contributed by atoms with E-state index in [0.29, 0.717) is 11.5 Å². The minimum Gasteiger partial charge on any atom is -0.444 e. The van der Waals surface area contributed by atoms with Crippen LogP contribution in [0.2, 0.25) is 0 Å². The smallest absolute Gasteiger partial charge is 0.410 e. The highest BCUT2D eigenvalue weighted by Gasteiger charge is 2.40. The quantitative estimate of drug-likeness (QED) is 0.793. The van der Waals surface area contributed by atoms with Crippen LogP contribution >= 0.6 is 0 Å². The lowest BCUT2D eigenvalue weighted by Crippen LogP contribution is -2.46. The Morgan fingerprint density at radius 2 is 2.04 bits per heavy atom. The Labute approximate surface area is 143 Å². The SMILES string of the molecule is CC(C)(C)OC(=O)N1CC2CCN(c3ccccc3C#N)CC1C2. The van der Waals surface area contributed by atoms with Crippen molar-refractivity contribution in [3.8, 4) is 6.07 Å². The number of nitrogens with zero attached hydrogens (tertiary/aromatic N) is 3. The van der Waals surface area contributed by atoms with Crippen LogP contribution in [0, 0.1) is 17.2 Å². The summed E-state index contributed by atoms with van der Waals surface area (Å²) in [5.74, 6) is 0.516. The first kappa shape index (κ1) is 16.6. The maximum Gasteiger partial charge on any atom is 0.410 e. The fraction of sp³-hybridized carbons (Fsp3) is 0.579. The normalized spacial score (nSPS) is 23.6. The van der Waals surface area contributed by atoms with E-state index in [0.717, 1.165) is 38.2 Å². The molecule has 0 radical (unpaired) electrons. The predicted octanol–water partition coefficient (Wildman–Crippen LogP) is 3.39. The average molecular weight is 327 g/mol. The molecule has 0 saturated carbocycles. The third-order valence-electron chi connectivity index (χ3n) is 4.73. The number of carbonyl (C=O) groups is 1. The van der Waals surface area contributed by atoms with E-state index in [1.807, 2.05) is 49.9 Å². The molecule has 2 atom stereocenters. The molecule has 2 heterocycles. The molecule has 128 valence electrons. The van der Waals surface area contributed by atoms with E-state index in [1.54, 1.807) is 0 Å². The summed E-state index contributed by atoms with van der Waals surface area (Å²) in [6, 6.07) is 10.1. The Morgan fingerprint density at radius 1 is 1.29 bits per heavy atom. The molecule has 2 saturated heterocycles. The standard InChI is InChI=1S/C19H25N3O2/c1-19(2,3)24-18(23)22-12-14-8-9-21(13-16(22)10-14)17-7-5-4-6-15(17)11-20/h4-7,14,16H,8-10,12-13H2,1-3H3. The number of hydrogen-bond donors (Lipinski definition) is 0. The Balaban J connectivity index is 1.78. The number of para-hydroxylation sites is 1. The zero-order valence-electron chi connectivity index (χ0n) is 14.7. The molecule has 3 rings (SSSR count). The molecule has 1 aromatic carbocycles. The summed E-state index contributed by atoms with van der Waals surface area (Å²) in [5.41, 5.74) is 1.19. The number of hydrogen-bond acceptors (Lipinski definition) is 4. The first-order valence-electron chi connectivity index (χ1n) is 8.61. The van der Waals surface area contributed by atoms with Gasteiger partial charge in [0.2, 0.25) is 0 Å². The maximum absolute atomic E-state index is 12.5.